The molecule has 0 aliphatic carbocycles. The van der Waals surface area contributed by atoms with Crippen LogP contribution in [0.4, 0.5) is 0 Å². The maximum Gasteiger partial charge on any atom is 0.222 e. The summed E-state index contributed by atoms with van der Waals surface area (Å²) >= 11 is 0. The van der Waals surface area contributed by atoms with Crippen LogP contribution >= 0.6 is 0 Å². The quantitative estimate of drug-likeness (QED) is 0.807. The van der Waals surface area contributed by atoms with E-state index < -0.39 is 0 Å². The summed E-state index contributed by atoms with van der Waals surface area (Å²) in [5.74, 6) is 1.80. The number of piperazine rings is 1. The Morgan fingerprint density at radius 2 is 1.77 bits per heavy atom. The Balaban J connectivity index is 1.89. The van der Waals surface area contributed by atoms with Gasteiger partial charge in [-0.1, -0.05) is 13.0 Å². The molecule has 1 aromatic carbocycles. The van der Waals surface area contributed by atoms with Crippen LogP contribution in [0.5, 0.6) is 11.5 Å². The predicted molar refractivity (Wildman–Crippen MR) is 86.3 cm³/mol. The molecule has 1 fully saturated rings. The Morgan fingerprint density at radius 3 is 2.36 bits per heavy atom. The maximum atomic E-state index is 11.9. The fourth-order valence-corrected chi connectivity index (χ4v) is 2.76. The minimum Gasteiger partial charge on any atom is -0.493 e. The lowest BCUT2D eigenvalue weighted by Crippen LogP contribution is -2.48. The highest BCUT2D eigenvalue weighted by Gasteiger charge is 2.20. The third kappa shape index (κ3) is 4.13. The van der Waals surface area contributed by atoms with Crippen LogP contribution in [0.2, 0.25) is 0 Å². The van der Waals surface area contributed by atoms with E-state index in [1.165, 1.54) is 5.56 Å². The molecule has 1 saturated heterocycles. The summed E-state index contributed by atoms with van der Waals surface area (Å²) in [6.45, 7) is 6.41. The van der Waals surface area contributed by atoms with Gasteiger partial charge in [-0.05, 0) is 24.1 Å². The van der Waals surface area contributed by atoms with Crippen molar-refractivity contribution in [2.24, 2.45) is 0 Å². The monoisotopic (exact) mass is 306 g/mol. The molecule has 0 bridgehead atoms. The number of rotatable bonds is 6. The number of carbonyl (C=O) groups excluding carboxylic acids is 1. The van der Waals surface area contributed by atoms with Gasteiger partial charge in [0.15, 0.2) is 11.5 Å². The standard InChI is InChI=1S/C17H26N2O3/c1-4-5-17(20)19-10-8-18(9-11-19)13-14-6-7-15(21-2)16(12-14)22-3/h6-7,12H,4-5,8-11,13H2,1-3H3. The second kappa shape index (κ2) is 8.03. The van der Waals surface area contributed by atoms with E-state index in [9.17, 15) is 4.79 Å². The fraction of sp³-hybridized carbons (Fsp3) is 0.588. The zero-order valence-electron chi connectivity index (χ0n) is 13.8. The lowest BCUT2D eigenvalue weighted by molar-refractivity contribution is -0.133. The van der Waals surface area contributed by atoms with E-state index in [0.29, 0.717) is 6.42 Å². The van der Waals surface area contributed by atoms with Gasteiger partial charge in [-0.25, -0.2) is 0 Å². The minimum atomic E-state index is 0.285. The molecule has 0 spiro atoms. The van der Waals surface area contributed by atoms with Crippen LogP contribution < -0.4 is 9.47 Å². The van der Waals surface area contributed by atoms with Gasteiger partial charge >= 0.3 is 0 Å². The van der Waals surface area contributed by atoms with Crippen LogP contribution in [0.1, 0.15) is 25.3 Å². The number of ether oxygens (including phenoxy) is 2. The zero-order valence-corrected chi connectivity index (χ0v) is 13.8. The summed E-state index contributed by atoms with van der Waals surface area (Å²) in [5.41, 5.74) is 1.20. The van der Waals surface area contributed by atoms with Crippen molar-refractivity contribution < 1.29 is 14.3 Å². The molecular formula is C17H26N2O3. The molecule has 0 saturated carbocycles. The first-order chi connectivity index (χ1) is 10.7. The Bertz CT molecular complexity index is 497. The molecule has 1 aliphatic heterocycles. The summed E-state index contributed by atoms with van der Waals surface area (Å²) in [5, 5.41) is 0. The number of methoxy groups -OCH3 is 2. The number of nitrogens with zero attached hydrogens (tertiary/aromatic N) is 2. The molecule has 0 aromatic heterocycles. The largest absolute Gasteiger partial charge is 0.493 e. The molecule has 0 unspecified atom stereocenters. The molecule has 2 rings (SSSR count). The number of benzene rings is 1. The molecule has 1 aromatic rings. The van der Waals surface area contributed by atoms with Crippen molar-refractivity contribution >= 4 is 5.91 Å². The SMILES string of the molecule is CCCC(=O)N1CCN(Cc2ccc(OC)c(OC)c2)CC1. The Morgan fingerprint density at radius 1 is 1.09 bits per heavy atom. The lowest BCUT2D eigenvalue weighted by atomic mass is 10.1. The highest BCUT2D eigenvalue weighted by atomic mass is 16.5. The van der Waals surface area contributed by atoms with Crippen molar-refractivity contribution in [3.8, 4) is 11.5 Å². The molecule has 122 valence electrons. The van der Waals surface area contributed by atoms with Crippen molar-refractivity contribution in [2.75, 3.05) is 40.4 Å². The average molecular weight is 306 g/mol. The van der Waals surface area contributed by atoms with Crippen LogP contribution in [0, 0.1) is 0 Å². The molecule has 5 heteroatoms. The second-order valence-corrected chi connectivity index (χ2v) is 5.60. The van der Waals surface area contributed by atoms with E-state index in [-0.39, 0.29) is 5.91 Å². The van der Waals surface area contributed by atoms with Crippen molar-refractivity contribution in [1.82, 2.24) is 9.80 Å². The van der Waals surface area contributed by atoms with Gasteiger partial charge in [-0.3, -0.25) is 9.69 Å². The van der Waals surface area contributed by atoms with Crippen molar-refractivity contribution in [3.05, 3.63) is 23.8 Å². The van der Waals surface area contributed by atoms with Crippen molar-refractivity contribution in [1.29, 1.82) is 0 Å². The van der Waals surface area contributed by atoms with E-state index in [1.54, 1.807) is 14.2 Å². The van der Waals surface area contributed by atoms with Gasteiger partial charge in [0.05, 0.1) is 14.2 Å². The smallest absolute Gasteiger partial charge is 0.222 e. The highest BCUT2D eigenvalue weighted by molar-refractivity contribution is 5.76. The van der Waals surface area contributed by atoms with Gasteiger partial charge in [-0.2, -0.15) is 0 Å². The van der Waals surface area contributed by atoms with Crippen molar-refractivity contribution in [3.63, 3.8) is 0 Å². The fourth-order valence-electron chi connectivity index (χ4n) is 2.76. The summed E-state index contributed by atoms with van der Waals surface area (Å²) < 4.78 is 10.6. The van der Waals surface area contributed by atoms with Gasteiger partial charge in [0.1, 0.15) is 0 Å². The third-order valence-corrected chi connectivity index (χ3v) is 4.04. The summed E-state index contributed by atoms with van der Waals surface area (Å²) in [4.78, 5) is 16.2. The van der Waals surface area contributed by atoms with Crippen LogP contribution in [0.15, 0.2) is 18.2 Å². The van der Waals surface area contributed by atoms with Crippen LogP contribution in [-0.4, -0.2) is 56.1 Å². The Kier molecular flexibility index (Phi) is 6.07. The van der Waals surface area contributed by atoms with E-state index in [4.69, 9.17) is 9.47 Å². The van der Waals surface area contributed by atoms with Crippen molar-refractivity contribution in [2.45, 2.75) is 26.3 Å². The molecule has 0 atom stereocenters. The van der Waals surface area contributed by atoms with E-state index in [0.717, 1.165) is 50.6 Å². The molecular weight excluding hydrogens is 280 g/mol. The summed E-state index contributed by atoms with van der Waals surface area (Å²) in [6, 6.07) is 6.03. The molecule has 22 heavy (non-hydrogen) atoms. The van der Waals surface area contributed by atoms with Gasteiger partial charge < -0.3 is 14.4 Å². The number of amides is 1. The first-order valence-electron chi connectivity index (χ1n) is 7.89. The van der Waals surface area contributed by atoms with Crippen LogP contribution in [0.3, 0.4) is 0 Å². The number of hydrogen-bond acceptors (Lipinski definition) is 4. The third-order valence-electron chi connectivity index (χ3n) is 4.04. The van der Waals surface area contributed by atoms with Gasteiger partial charge in [-0.15, -0.1) is 0 Å². The number of hydrogen-bond donors (Lipinski definition) is 0. The molecule has 1 aliphatic rings. The Labute approximate surface area is 132 Å². The van der Waals surface area contributed by atoms with Gasteiger partial charge in [0.25, 0.3) is 0 Å². The Hall–Kier alpha value is -1.75. The molecule has 1 heterocycles. The van der Waals surface area contributed by atoms with E-state index in [2.05, 4.69) is 11.0 Å². The van der Waals surface area contributed by atoms with Crippen LogP contribution in [-0.2, 0) is 11.3 Å². The normalized spacial score (nSPS) is 15.7. The highest BCUT2D eigenvalue weighted by Crippen LogP contribution is 2.28. The zero-order chi connectivity index (χ0) is 15.9. The molecule has 0 radical (unpaired) electrons. The lowest BCUT2D eigenvalue weighted by Gasteiger charge is -2.34. The van der Waals surface area contributed by atoms with Gasteiger partial charge in [0.2, 0.25) is 5.91 Å². The first kappa shape index (κ1) is 16.6. The number of carbonyl (C=O) groups is 1. The second-order valence-electron chi connectivity index (χ2n) is 5.60. The van der Waals surface area contributed by atoms with E-state index >= 15 is 0 Å². The van der Waals surface area contributed by atoms with E-state index in [1.807, 2.05) is 24.0 Å². The average Bonchev–Trinajstić information content (AvgIpc) is 2.55. The predicted octanol–water partition coefficient (Wildman–Crippen LogP) is 2.15. The molecule has 5 nitrogen and oxygen atoms in total. The van der Waals surface area contributed by atoms with Crippen LogP contribution in [0.25, 0.3) is 0 Å². The summed E-state index contributed by atoms with van der Waals surface area (Å²) in [7, 11) is 3.30. The first-order valence-corrected chi connectivity index (χ1v) is 7.89. The molecule has 0 N–H and O–H groups in total. The topological polar surface area (TPSA) is 42.0 Å². The maximum absolute atomic E-state index is 11.9. The van der Waals surface area contributed by atoms with Gasteiger partial charge in [0, 0.05) is 39.1 Å². The minimum absolute atomic E-state index is 0.285. The summed E-state index contributed by atoms with van der Waals surface area (Å²) in [6.07, 6.45) is 1.58. The molecule has 1 amide bonds.